The van der Waals surface area contributed by atoms with Crippen molar-refractivity contribution in [1.82, 2.24) is 9.99 Å². The Hall–Kier alpha value is -1.96. The Morgan fingerprint density at radius 3 is 2.65 bits per heavy atom. The van der Waals surface area contributed by atoms with Gasteiger partial charge in [-0.15, -0.1) is 0 Å². The number of carbonyl (C=O) groups is 1. The van der Waals surface area contributed by atoms with Crippen molar-refractivity contribution < 1.29 is 23.1 Å². The fourth-order valence-corrected chi connectivity index (χ4v) is 3.23. The number of alkyl halides is 3. The summed E-state index contributed by atoms with van der Waals surface area (Å²) in [5.41, 5.74) is -3.05. The van der Waals surface area contributed by atoms with Crippen LogP contribution in [0.3, 0.4) is 0 Å². The number of carbonyl (C=O) groups excluding carboxylic acids is 1. The Labute approximate surface area is 130 Å². The summed E-state index contributed by atoms with van der Waals surface area (Å²) in [5.74, 6) is -2.16. The molecule has 2 aliphatic rings. The number of halogens is 3. The van der Waals surface area contributed by atoms with Crippen molar-refractivity contribution >= 4 is 11.6 Å². The maximum absolute atomic E-state index is 13.6. The lowest BCUT2D eigenvalue weighted by atomic mass is 9.76. The number of hydrogen-bond acceptors (Lipinski definition) is 4. The lowest BCUT2D eigenvalue weighted by Gasteiger charge is -2.39. The molecule has 124 valence electrons. The summed E-state index contributed by atoms with van der Waals surface area (Å²) in [4.78, 5) is 16.2. The van der Waals surface area contributed by atoms with Crippen LogP contribution in [0.15, 0.2) is 29.6 Å². The molecule has 0 bridgehead atoms. The van der Waals surface area contributed by atoms with E-state index in [2.05, 4.69) is 10.1 Å². The highest BCUT2D eigenvalue weighted by molar-refractivity contribution is 5.99. The standard InChI is InChI=1S/C15H16F3N3O2/c1-9-2-3-12-11(8-9)14(23,15(16,17)18)21(20-12)13(22)10-4-6-19-7-5-10/h4-7,9,11,23H,2-3,8H2,1H3/t9-,11+,14-/m1/s1. The number of aliphatic hydroxyl groups is 1. The van der Waals surface area contributed by atoms with E-state index in [-0.39, 0.29) is 28.6 Å². The third-order valence-corrected chi connectivity index (χ3v) is 4.51. The van der Waals surface area contributed by atoms with Gasteiger partial charge >= 0.3 is 6.18 Å². The number of fused-ring (bicyclic) bond motifs is 1. The zero-order valence-corrected chi connectivity index (χ0v) is 12.4. The van der Waals surface area contributed by atoms with Crippen LogP contribution in [0, 0.1) is 11.8 Å². The minimum atomic E-state index is -5.00. The van der Waals surface area contributed by atoms with Crippen molar-refractivity contribution in [3.63, 3.8) is 0 Å². The van der Waals surface area contributed by atoms with E-state index in [0.29, 0.717) is 12.8 Å². The summed E-state index contributed by atoms with van der Waals surface area (Å²) >= 11 is 0. The van der Waals surface area contributed by atoms with Crippen molar-refractivity contribution in [2.24, 2.45) is 16.9 Å². The molecule has 1 aromatic rings. The molecule has 1 amide bonds. The van der Waals surface area contributed by atoms with E-state index < -0.39 is 23.7 Å². The molecule has 5 nitrogen and oxygen atoms in total. The van der Waals surface area contributed by atoms with Gasteiger partial charge < -0.3 is 5.11 Å². The molecule has 3 atom stereocenters. The second-order valence-electron chi connectivity index (χ2n) is 6.10. The first-order valence-corrected chi connectivity index (χ1v) is 7.36. The van der Waals surface area contributed by atoms with Gasteiger partial charge in [0.2, 0.25) is 0 Å². The van der Waals surface area contributed by atoms with Crippen molar-refractivity contribution in [1.29, 1.82) is 0 Å². The normalized spacial score (nSPS) is 30.8. The number of amides is 1. The number of pyridine rings is 1. The SMILES string of the molecule is C[C@@H]1CCC2=NN(C(=O)c3ccncc3)[C@](O)(C(F)(F)F)[C@H]2C1. The van der Waals surface area contributed by atoms with Crippen LogP contribution in [0.4, 0.5) is 13.2 Å². The molecule has 8 heteroatoms. The molecule has 0 spiro atoms. The van der Waals surface area contributed by atoms with Crippen LogP contribution in [-0.4, -0.2) is 38.6 Å². The van der Waals surface area contributed by atoms with Gasteiger partial charge in [-0.2, -0.15) is 23.3 Å². The summed E-state index contributed by atoms with van der Waals surface area (Å²) in [6.45, 7) is 1.83. The van der Waals surface area contributed by atoms with Gasteiger partial charge in [-0.1, -0.05) is 6.92 Å². The Kier molecular flexibility index (Phi) is 3.66. The third kappa shape index (κ3) is 2.41. The molecule has 1 N–H and O–H groups in total. The quantitative estimate of drug-likeness (QED) is 0.862. The first-order chi connectivity index (χ1) is 10.7. The van der Waals surface area contributed by atoms with Crippen molar-refractivity contribution in [3.8, 4) is 0 Å². The first kappa shape index (κ1) is 15.9. The molecule has 23 heavy (non-hydrogen) atoms. The predicted molar refractivity (Wildman–Crippen MR) is 75.4 cm³/mol. The summed E-state index contributed by atoms with van der Waals surface area (Å²) in [7, 11) is 0. The van der Waals surface area contributed by atoms with Gasteiger partial charge in [-0.3, -0.25) is 9.78 Å². The average Bonchev–Trinajstić information content (AvgIpc) is 2.81. The predicted octanol–water partition coefficient (Wildman–Crippen LogP) is 2.58. The molecule has 2 heterocycles. The zero-order chi connectivity index (χ0) is 16.8. The summed E-state index contributed by atoms with van der Waals surface area (Å²) in [6, 6.07) is 2.59. The molecular weight excluding hydrogens is 311 g/mol. The van der Waals surface area contributed by atoms with Gasteiger partial charge in [0.25, 0.3) is 11.6 Å². The summed E-state index contributed by atoms with van der Waals surface area (Å²) < 4.78 is 40.9. The molecule has 0 radical (unpaired) electrons. The number of nitrogens with zero attached hydrogens (tertiary/aromatic N) is 3. The number of hydrazone groups is 1. The van der Waals surface area contributed by atoms with Crippen LogP contribution in [0.2, 0.25) is 0 Å². The fourth-order valence-electron chi connectivity index (χ4n) is 3.23. The van der Waals surface area contributed by atoms with Crippen molar-refractivity contribution in [2.75, 3.05) is 0 Å². The highest BCUT2D eigenvalue weighted by Gasteiger charge is 2.68. The molecule has 1 aromatic heterocycles. The largest absolute Gasteiger partial charge is 0.439 e. The van der Waals surface area contributed by atoms with Crippen molar-refractivity contribution in [2.45, 2.75) is 38.1 Å². The average molecular weight is 327 g/mol. The molecule has 3 rings (SSSR count). The van der Waals surface area contributed by atoms with Gasteiger partial charge in [0.15, 0.2) is 0 Å². The number of aromatic nitrogens is 1. The van der Waals surface area contributed by atoms with Crippen LogP contribution >= 0.6 is 0 Å². The van der Waals surface area contributed by atoms with Crippen molar-refractivity contribution in [3.05, 3.63) is 30.1 Å². The highest BCUT2D eigenvalue weighted by atomic mass is 19.4. The highest BCUT2D eigenvalue weighted by Crippen LogP contribution is 2.49. The lowest BCUT2D eigenvalue weighted by molar-refractivity contribution is -0.313. The smallest absolute Gasteiger partial charge is 0.362 e. The van der Waals surface area contributed by atoms with Crippen LogP contribution in [0.1, 0.15) is 36.5 Å². The second-order valence-corrected chi connectivity index (χ2v) is 6.10. The summed E-state index contributed by atoms with van der Waals surface area (Å²) in [6.07, 6.45) is -1.20. The molecule has 1 saturated carbocycles. The van der Waals surface area contributed by atoms with E-state index in [9.17, 15) is 23.1 Å². The van der Waals surface area contributed by atoms with Crippen LogP contribution in [0.5, 0.6) is 0 Å². The molecule has 1 aliphatic carbocycles. The van der Waals surface area contributed by atoms with Gasteiger partial charge in [-0.05, 0) is 37.3 Å². The monoisotopic (exact) mass is 327 g/mol. The van der Waals surface area contributed by atoms with Gasteiger partial charge in [0.1, 0.15) is 0 Å². The fraction of sp³-hybridized carbons (Fsp3) is 0.533. The van der Waals surface area contributed by atoms with Gasteiger partial charge in [0, 0.05) is 23.7 Å². The molecule has 1 fully saturated rings. The van der Waals surface area contributed by atoms with Gasteiger partial charge in [-0.25, -0.2) is 0 Å². The second kappa shape index (κ2) is 5.30. The third-order valence-electron chi connectivity index (χ3n) is 4.51. The zero-order valence-electron chi connectivity index (χ0n) is 12.4. The van der Waals surface area contributed by atoms with E-state index in [1.165, 1.54) is 24.5 Å². The topological polar surface area (TPSA) is 65.8 Å². The molecular formula is C15H16F3N3O2. The van der Waals surface area contributed by atoms with Crippen LogP contribution in [-0.2, 0) is 0 Å². The maximum Gasteiger partial charge on any atom is 0.439 e. The van der Waals surface area contributed by atoms with Crippen LogP contribution < -0.4 is 0 Å². The van der Waals surface area contributed by atoms with E-state index in [1.54, 1.807) is 0 Å². The Balaban J connectivity index is 2.04. The van der Waals surface area contributed by atoms with E-state index in [0.717, 1.165) is 0 Å². The Bertz CT molecular complexity index is 647. The first-order valence-electron chi connectivity index (χ1n) is 7.36. The minimum Gasteiger partial charge on any atom is -0.362 e. The van der Waals surface area contributed by atoms with E-state index in [4.69, 9.17) is 0 Å². The summed E-state index contributed by atoms with van der Waals surface area (Å²) in [5, 5.41) is 14.5. The van der Waals surface area contributed by atoms with Gasteiger partial charge in [0.05, 0.1) is 5.92 Å². The number of hydrogen-bond donors (Lipinski definition) is 1. The molecule has 1 aliphatic heterocycles. The van der Waals surface area contributed by atoms with Crippen LogP contribution in [0.25, 0.3) is 0 Å². The Morgan fingerprint density at radius 1 is 1.39 bits per heavy atom. The van der Waals surface area contributed by atoms with E-state index in [1.807, 2.05) is 6.92 Å². The molecule has 0 aromatic carbocycles. The van der Waals surface area contributed by atoms with E-state index >= 15 is 0 Å². The molecule has 0 saturated heterocycles. The number of rotatable bonds is 1. The molecule has 0 unspecified atom stereocenters. The lowest BCUT2D eigenvalue weighted by Crippen LogP contribution is -2.61. The maximum atomic E-state index is 13.6. The minimum absolute atomic E-state index is 0.00118. The Morgan fingerprint density at radius 2 is 2.04 bits per heavy atom.